The second-order valence-corrected chi connectivity index (χ2v) is 12.7. The summed E-state index contributed by atoms with van der Waals surface area (Å²) in [6, 6.07) is 15.3. The molecule has 0 saturated heterocycles. The van der Waals surface area contributed by atoms with Crippen molar-refractivity contribution in [2.75, 3.05) is 10.8 Å². The van der Waals surface area contributed by atoms with Crippen LogP contribution in [-0.2, 0) is 32.3 Å². The zero-order valence-corrected chi connectivity index (χ0v) is 25.5. The minimum atomic E-state index is -4.88. The molecule has 220 valence electrons. The molecule has 0 aliphatic heterocycles. The molecule has 0 bridgehead atoms. The van der Waals surface area contributed by atoms with E-state index < -0.39 is 56.9 Å². The molecule has 0 aliphatic carbocycles. The SMILES string of the molecule is CC(C)NC(=O)[C@H](C)N(Cc1ccc(Br)cc1)C(=O)CN(c1ccc(Cl)c(C(F)(F)F)c1)S(=O)(=O)c1ccccc1. The van der Waals surface area contributed by atoms with E-state index in [-0.39, 0.29) is 17.5 Å². The summed E-state index contributed by atoms with van der Waals surface area (Å²) in [6.45, 7) is 4.05. The van der Waals surface area contributed by atoms with E-state index in [0.29, 0.717) is 15.9 Å². The van der Waals surface area contributed by atoms with E-state index in [1.54, 1.807) is 44.2 Å². The van der Waals surface area contributed by atoms with Crippen LogP contribution >= 0.6 is 27.5 Å². The van der Waals surface area contributed by atoms with Crippen LogP contribution in [0.15, 0.2) is 82.2 Å². The van der Waals surface area contributed by atoms with Gasteiger partial charge in [-0.3, -0.25) is 13.9 Å². The van der Waals surface area contributed by atoms with E-state index in [9.17, 15) is 31.2 Å². The minimum absolute atomic E-state index is 0.0631. The summed E-state index contributed by atoms with van der Waals surface area (Å²) in [5.74, 6) is -1.28. The predicted molar refractivity (Wildman–Crippen MR) is 155 cm³/mol. The van der Waals surface area contributed by atoms with E-state index in [2.05, 4.69) is 21.2 Å². The predicted octanol–water partition coefficient (Wildman–Crippen LogP) is 6.26. The molecule has 1 N–H and O–H groups in total. The molecule has 3 aromatic carbocycles. The number of alkyl halides is 3. The fourth-order valence-electron chi connectivity index (χ4n) is 3.91. The number of hydrogen-bond donors (Lipinski definition) is 1. The van der Waals surface area contributed by atoms with Crippen molar-refractivity contribution in [3.05, 3.63) is 93.4 Å². The smallest absolute Gasteiger partial charge is 0.352 e. The summed E-state index contributed by atoms with van der Waals surface area (Å²) in [6.07, 6.45) is -4.88. The minimum Gasteiger partial charge on any atom is -0.352 e. The molecule has 13 heteroatoms. The maximum atomic E-state index is 13.8. The topological polar surface area (TPSA) is 86.8 Å². The van der Waals surface area contributed by atoms with Gasteiger partial charge in [0.05, 0.1) is 21.2 Å². The van der Waals surface area contributed by atoms with E-state index in [1.807, 2.05) is 0 Å². The quantitative estimate of drug-likeness (QED) is 0.275. The fourth-order valence-corrected chi connectivity index (χ4v) is 5.82. The lowest BCUT2D eigenvalue weighted by Gasteiger charge is -2.32. The first-order valence-corrected chi connectivity index (χ1v) is 15.0. The lowest BCUT2D eigenvalue weighted by atomic mass is 10.1. The Morgan fingerprint density at radius 3 is 2.15 bits per heavy atom. The molecule has 3 aromatic rings. The summed E-state index contributed by atoms with van der Waals surface area (Å²) >= 11 is 9.12. The molecule has 3 rings (SSSR count). The number of nitrogens with one attached hydrogen (secondary N) is 1. The van der Waals surface area contributed by atoms with Crippen molar-refractivity contribution in [1.82, 2.24) is 10.2 Å². The van der Waals surface area contributed by atoms with Gasteiger partial charge in [-0.2, -0.15) is 13.2 Å². The lowest BCUT2D eigenvalue weighted by molar-refractivity contribution is -0.139. The van der Waals surface area contributed by atoms with Crippen molar-refractivity contribution in [2.24, 2.45) is 0 Å². The number of halogens is 5. The molecule has 0 fully saturated rings. The molecule has 0 radical (unpaired) electrons. The molecule has 0 heterocycles. The molecule has 0 unspecified atom stereocenters. The summed E-state index contributed by atoms with van der Waals surface area (Å²) in [5, 5.41) is 2.11. The monoisotopic (exact) mass is 673 g/mol. The normalized spacial score (nSPS) is 12.6. The number of sulfonamides is 1. The highest BCUT2D eigenvalue weighted by atomic mass is 79.9. The van der Waals surface area contributed by atoms with Gasteiger partial charge < -0.3 is 10.2 Å². The van der Waals surface area contributed by atoms with Crippen LogP contribution in [0.1, 0.15) is 31.9 Å². The number of benzene rings is 3. The Balaban J connectivity index is 2.10. The van der Waals surface area contributed by atoms with Gasteiger partial charge in [-0.1, -0.05) is 57.9 Å². The number of amides is 2. The van der Waals surface area contributed by atoms with Gasteiger partial charge in [-0.15, -0.1) is 0 Å². The number of carbonyl (C=O) groups excluding carboxylic acids is 2. The second kappa shape index (κ2) is 13.3. The largest absolute Gasteiger partial charge is 0.417 e. The van der Waals surface area contributed by atoms with Crippen molar-refractivity contribution in [3.63, 3.8) is 0 Å². The van der Waals surface area contributed by atoms with E-state index in [0.717, 1.165) is 16.6 Å². The maximum absolute atomic E-state index is 13.8. The third-order valence-corrected chi connectivity index (χ3v) is 8.66. The third kappa shape index (κ3) is 8.23. The van der Waals surface area contributed by atoms with Crippen molar-refractivity contribution in [2.45, 2.75) is 50.5 Å². The Kier molecular flexibility index (Phi) is 10.5. The Bertz CT molecular complexity index is 1490. The van der Waals surface area contributed by atoms with Crippen LogP contribution in [0.3, 0.4) is 0 Å². The van der Waals surface area contributed by atoms with Crippen molar-refractivity contribution in [3.8, 4) is 0 Å². The van der Waals surface area contributed by atoms with E-state index >= 15 is 0 Å². The molecule has 0 saturated carbocycles. The van der Waals surface area contributed by atoms with Crippen LogP contribution in [0, 0.1) is 0 Å². The number of nitrogens with zero attached hydrogens (tertiary/aromatic N) is 2. The van der Waals surface area contributed by atoms with Crippen LogP contribution in [0.5, 0.6) is 0 Å². The summed E-state index contributed by atoms with van der Waals surface area (Å²) < 4.78 is 69.9. The fraction of sp³-hybridized carbons (Fsp3) is 0.286. The van der Waals surface area contributed by atoms with Gasteiger partial charge in [0.2, 0.25) is 11.8 Å². The second-order valence-electron chi connectivity index (χ2n) is 9.47. The Morgan fingerprint density at radius 2 is 1.59 bits per heavy atom. The first kappa shape index (κ1) is 32.4. The van der Waals surface area contributed by atoms with Gasteiger partial charge in [0.25, 0.3) is 10.0 Å². The molecule has 0 spiro atoms. The highest BCUT2D eigenvalue weighted by molar-refractivity contribution is 9.10. The first-order chi connectivity index (χ1) is 19.1. The molecular formula is C28H28BrClF3N3O4S. The third-order valence-electron chi connectivity index (χ3n) is 6.02. The van der Waals surface area contributed by atoms with Crippen molar-refractivity contribution >= 4 is 55.1 Å². The van der Waals surface area contributed by atoms with Crippen molar-refractivity contribution < 1.29 is 31.2 Å². The molecule has 0 aromatic heterocycles. The van der Waals surface area contributed by atoms with E-state index in [4.69, 9.17) is 11.6 Å². The van der Waals surface area contributed by atoms with Gasteiger partial charge >= 0.3 is 6.18 Å². The maximum Gasteiger partial charge on any atom is 0.417 e. The molecule has 41 heavy (non-hydrogen) atoms. The van der Waals surface area contributed by atoms with Gasteiger partial charge in [0.15, 0.2) is 0 Å². The molecule has 2 amide bonds. The molecule has 0 aliphatic rings. The number of hydrogen-bond acceptors (Lipinski definition) is 4. The molecule has 1 atom stereocenters. The summed E-state index contributed by atoms with van der Waals surface area (Å²) in [5.41, 5.74) is -1.02. The Labute approximate surface area is 250 Å². The van der Waals surface area contributed by atoms with Crippen molar-refractivity contribution in [1.29, 1.82) is 0 Å². The number of anilines is 1. The standard InChI is InChI=1S/C28H28BrClF3N3O4S/c1-18(2)34-27(38)19(3)35(16-20-9-11-21(29)12-10-20)26(37)17-36(41(39,40)23-7-5-4-6-8-23)22-13-14-25(30)24(15-22)28(31,32)33/h4-15,18-19H,16-17H2,1-3H3,(H,34,38)/t19-/m0/s1. The Morgan fingerprint density at radius 1 is 0.976 bits per heavy atom. The number of carbonyl (C=O) groups is 2. The van der Waals surface area contributed by atoms with Crippen LogP contribution in [-0.4, -0.2) is 43.8 Å². The van der Waals surface area contributed by atoms with Gasteiger partial charge in [0, 0.05) is 17.1 Å². The van der Waals surface area contributed by atoms with E-state index in [1.165, 1.54) is 36.1 Å². The summed E-state index contributed by atoms with van der Waals surface area (Å²) in [4.78, 5) is 27.7. The van der Waals surface area contributed by atoms with Crippen LogP contribution in [0.4, 0.5) is 18.9 Å². The van der Waals surface area contributed by atoms with Gasteiger partial charge in [0.1, 0.15) is 12.6 Å². The average Bonchev–Trinajstić information content (AvgIpc) is 2.90. The summed E-state index contributed by atoms with van der Waals surface area (Å²) in [7, 11) is -4.53. The Hall–Kier alpha value is -3.09. The van der Waals surface area contributed by atoms with Gasteiger partial charge in [-0.25, -0.2) is 8.42 Å². The molecule has 7 nitrogen and oxygen atoms in total. The lowest BCUT2D eigenvalue weighted by Crippen LogP contribution is -2.52. The highest BCUT2D eigenvalue weighted by Crippen LogP contribution is 2.38. The van der Waals surface area contributed by atoms with Crippen LogP contribution < -0.4 is 9.62 Å². The number of rotatable bonds is 10. The highest BCUT2D eigenvalue weighted by Gasteiger charge is 2.37. The zero-order chi connectivity index (χ0) is 30.5. The average molecular weight is 675 g/mol. The molecular weight excluding hydrogens is 647 g/mol. The zero-order valence-electron chi connectivity index (χ0n) is 22.3. The van der Waals surface area contributed by atoms with Gasteiger partial charge in [-0.05, 0) is 68.8 Å². The van der Waals surface area contributed by atoms with Crippen LogP contribution in [0.25, 0.3) is 0 Å². The van der Waals surface area contributed by atoms with Crippen LogP contribution in [0.2, 0.25) is 5.02 Å². The first-order valence-electron chi connectivity index (χ1n) is 12.4.